The van der Waals surface area contributed by atoms with E-state index in [9.17, 15) is 9.59 Å². The van der Waals surface area contributed by atoms with E-state index in [0.717, 1.165) is 16.8 Å². The average molecular weight is 601 g/mol. The van der Waals surface area contributed by atoms with Gasteiger partial charge >= 0.3 is 0 Å². The Hall–Kier alpha value is -3.73. The van der Waals surface area contributed by atoms with E-state index in [4.69, 9.17) is 32.7 Å². The normalized spacial score (nSPS) is 10.8. The van der Waals surface area contributed by atoms with Crippen molar-refractivity contribution in [1.82, 2.24) is 20.1 Å². The maximum absolute atomic E-state index is 13.0. The van der Waals surface area contributed by atoms with Crippen LogP contribution in [0.3, 0.4) is 0 Å². The summed E-state index contributed by atoms with van der Waals surface area (Å²) in [6.45, 7) is 3.95. The molecule has 0 unspecified atom stereocenters. The van der Waals surface area contributed by atoms with E-state index >= 15 is 0 Å². The molecule has 208 valence electrons. The maximum atomic E-state index is 13.0. The number of methoxy groups -OCH3 is 2. The monoisotopic (exact) mass is 599 g/mol. The number of aromatic nitrogens is 3. The number of hydrogen-bond donors (Lipinski definition) is 2. The molecule has 9 nitrogen and oxygen atoms in total. The van der Waals surface area contributed by atoms with Crippen molar-refractivity contribution < 1.29 is 19.1 Å². The number of thioether (sulfide) groups is 1. The Labute approximate surface area is 246 Å². The predicted octanol–water partition coefficient (Wildman–Crippen LogP) is 5.87. The minimum atomic E-state index is -0.358. The second kappa shape index (κ2) is 13.1. The number of nitrogens with one attached hydrogen (secondary N) is 2. The van der Waals surface area contributed by atoms with Crippen LogP contribution in [0.4, 0.5) is 5.69 Å². The number of hydrogen-bond acceptors (Lipinski definition) is 7. The summed E-state index contributed by atoms with van der Waals surface area (Å²) in [4.78, 5) is 25.7. The van der Waals surface area contributed by atoms with Gasteiger partial charge in [0.2, 0.25) is 5.91 Å². The quantitative estimate of drug-likeness (QED) is 0.219. The first-order valence-electron chi connectivity index (χ1n) is 12.1. The van der Waals surface area contributed by atoms with Crippen molar-refractivity contribution in [1.29, 1.82) is 0 Å². The van der Waals surface area contributed by atoms with Crippen molar-refractivity contribution in [2.24, 2.45) is 0 Å². The zero-order valence-corrected chi connectivity index (χ0v) is 24.6. The number of nitrogens with zero attached hydrogens (tertiary/aromatic N) is 3. The number of anilines is 1. The highest BCUT2D eigenvalue weighted by Gasteiger charge is 2.19. The van der Waals surface area contributed by atoms with Crippen LogP contribution in [0.1, 0.15) is 27.3 Å². The third kappa shape index (κ3) is 7.07. The Morgan fingerprint density at radius 3 is 2.33 bits per heavy atom. The molecular formula is C28H27Cl2N5O4S. The number of carbonyl (C=O) groups is 2. The standard InChI is InChI=1S/C28H27Cl2N5O4S/c1-16-5-6-17(2)24(9-16)32-26(36)15-40-28-34-33-25(35(28)19-7-8-22(29)23(30)12-19)14-31-27(37)18-10-20(38-3)13-21(11-18)39-4/h5-13H,14-15H2,1-4H3,(H,31,37)(H,32,36). The lowest BCUT2D eigenvalue weighted by molar-refractivity contribution is -0.113. The van der Waals surface area contributed by atoms with Crippen LogP contribution in [0.5, 0.6) is 11.5 Å². The van der Waals surface area contributed by atoms with E-state index in [0.29, 0.717) is 43.8 Å². The lowest BCUT2D eigenvalue weighted by Crippen LogP contribution is -2.24. The van der Waals surface area contributed by atoms with Gasteiger partial charge in [0.05, 0.1) is 42.2 Å². The van der Waals surface area contributed by atoms with Gasteiger partial charge in [-0.1, -0.05) is 47.1 Å². The smallest absolute Gasteiger partial charge is 0.251 e. The SMILES string of the molecule is COc1cc(OC)cc(C(=O)NCc2nnc(SCC(=O)Nc3cc(C)ccc3C)n2-c2ccc(Cl)c(Cl)c2)c1. The Balaban J connectivity index is 1.55. The Bertz CT molecular complexity index is 1540. The van der Waals surface area contributed by atoms with Crippen molar-refractivity contribution in [2.75, 3.05) is 25.3 Å². The Morgan fingerprint density at radius 2 is 1.65 bits per heavy atom. The summed E-state index contributed by atoms with van der Waals surface area (Å²) in [5.74, 6) is 0.942. The molecule has 0 aliphatic heterocycles. The van der Waals surface area contributed by atoms with E-state index in [2.05, 4.69) is 20.8 Å². The second-order valence-corrected chi connectivity index (χ2v) is 10.5. The second-order valence-electron chi connectivity index (χ2n) is 8.77. The fourth-order valence-corrected chi connectivity index (χ4v) is 4.84. The fraction of sp³-hybridized carbons (Fsp3) is 0.214. The van der Waals surface area contributed by atoms with Crippen molar-refractivity contribution in [3.05, 3.63) is 87.2 Å². The number of rotatable bonds is 10. The fourth-order valence-electron chi connectivity index (χ4n) is 3.78. The first kappa shape index (κ1) is 29.3. The van der Waals surface area contributed by atoms with Crippen molar-refractivity contribution >= 4 is 52.5 Å². The molecule has 0 saturated heterocycles. The summed E-state index contributed by atoms with van der Waals surface area (Å²) in [5.41, 5.74) is 3.76. The summed E-state index contributed by atoms with van der Waals surface area (Å²) in [7, 11) is 3.02. The first-order chi connectivity index (χ1) is 19.2. The van der Waals surface area contributed by atoms with Crippen LogP contribution >= 0.6 is 35.0 Å². The molecule has 4 aromatic rings. The van der Waals surface area contributed by atoms with Gasteiger partial charge in [-0.3, -0.25) is 14.2 Å². The minimum Gasteiger partial charge on any atom is -0.497 e. The molecule has 2 amide bonds. The summed E-state index contributed by atoms with van der Waals surface area (Å²) in [5, 5.41) is 15.6. The highest BCUT2D eigenvalue weighted by molar-refractivity contribution is 7.99. The van der Waals surface area contributed by atoms with E-state index in [1.165, 1.54) is 26.0 Å². The molecule has 0 bridgehead atoms. The Morgan fingerprint density at radius 1 is 0.925 bits per heavy atom. The molecule has 12 heteroatoms. The molecule has 3 aromatic carbocycles. The summed E-state index contributed by atoms with van der Waals surface area (Å²) < 4.78 is 12.3. The molecule has 0 radical (unpaired) electrons. The first-order valence-corrected chi connectivity index (χ1v) is 13.8. The third-order valence-corrected chi connectivity index (χ3v) is 7.55. The van der Waals surface area contributed by atoms with Gasteiger partial charge in [0.15, 0.2) is 11.0 Å². The predicted molar refractivity (Wildman–Crippen MR) is 157 cm³/mol. The van der Waals surface area contributed by atoms with Crippen LogP contribution in [0.15, 0.2) is 59.8 Å². The molecular weight excluding hydrogens is 573 g/mol. The van der Waals surface area contributed by atoms with Crippen molar-refractivity contribution in [3.8, 4) is 17.2 Å². The van der Waals surface area contributed by atoms with Crippen LogP contribution < -0.4 is 20.1 Å². The van der Waals surface area contributed by atoms with Gasteiger partial charge < -0.3 is 20.1 Å². The van der Waals surface area contributed by atoms with Gasteiger partial charge in [-0.15, -0.1) is 10.2 Å². The largest absolute Gasteiger partial charge is 0.497 e. The molecule has 1 heterocycles. The zero-order valence-electron chi connectivity index (χ0n) is 22.2. The molecule has 0 atom stereocenters. The third-order valence-electron chi connectivity index (χ3n) is 5.88. The van der Waals surface area contributed by atoms with Crippen LogP contribution in [-0.2, 0) is 11.3 Å². The van der Waals surface area contributed by atoms with E-state index in [1.54, 1.807) is 41.0 Å². The van der Waals surface area contributed by atoms with Crippen molar-refractivity contribution in [3.63, 3.8) is 0 Å². The molecule has 0 saturated carbocycles. The lowest BCUT2D eigenvalue weighted by atomic mass is 10.1. The van der Waals surface area contributed by atoms with Gasteiger partial charge in [-0.2, -0.15) is 0 Å². The molecule has 0 aliphatic carbocycles. The highest BCUT2D eigenvalue weighted by Crippen LogP contribution is 2.29. The summed E-state index contributed by atoms with van der Waals surface area (Å²) in [6.07, 6.45) is 0. The average Bonchev–Trinajstić information content (AvgIpc) is 3.36. The molecule has 1 aromatic heterocycles. The van der Waals surface area contributed by atoms with Gasteiger partial charge in [-0.05, 0) is 61.4 Å². The van der Waals surface area contributed by atoms with E-state index in [-0.39, 0.29) is 24.1 Å². The Kier molecular flexibility index (Phi) is 9.57. The molecule has 40 heavy (non-hydrogen) atoms. The number of ether oxygens (including phenoxy) is 2. The number of halogens is 2. The molecule has 2 N–H and O–H groups in total. The lowest BCUT2D eigenvalue weighted by Gasteiger charge is -2.13. The van der Waals surface area contributed by atoms with Crippen LogP contribution in [-0.4, -0.2) is 46.6 Å². The zero-order chi connectivity index (χ0) is 28.8. The molecule has 4 rings (SSSR count). The van der Waals surface area contributed by atoms with Gasteiger partial charge in [0, 0.05) is 17.3 Å². The minimum absolute atomic E-state index is 0.0425. The van der Waals surface area contributed by atoms with E-state index < -0.39 is 0 Å². The van der Waals surface area contributed by atoms with Crippen molar-refractivity contribution in [2.45, 2.75) is 25.5 Å². The number of carbonyl (C=O) groups excluding carboxylic acids is 2. The highest BCUT2D eigenvalue weighted by atomic mass is 35.5. The van der Waals surface area contributed by atoms with Gasteiger partial charge in [0.1, 0.15) is 11.5 Å². The summed E-state index contributed by atoms with van der Waals surface area (Å²) in [6, 6.07) is 15.9. The van der Waals surface area contributed by atoms with Gasteiger partial charge in [0.25, 0.3) is 5.91 Å². The van der Waals surface area contributed by atoms with Crippen LogP contribution in [0.25, 0.3) is 5.69 Å². The molecule has 0 aliphatic rings. The topological polar surface area (TPSA) is 107 Å². The van der Waals surface area contributed by atoms with Gasteiger partial charge in [-0.25, -0.2) is 0 Å². The van der Waals surface area contributed by atoms with Crippen LogP contribution in [0.2, 0.25) is 10.0 Å². The summed E-state index contributed by atoms with van der Waals surface area (Å²) >= 11 is 13.6. The number of benzene rings is 3. The number of amides is 2. The molecule has 0 spiro atoms. The maximum Gasteiger partial charge on any atom is 0.251 e. The van der Waals surface area contributed by atoms with Crippen LogP contribution in [0, 0.1) is 13.8 Å². The van der Waals surface area contributed by atoms with E-state index in [1.807, 2.05) is 32.0 Å². The number of aryl methyl sites for hydroxylation is 2. The molecule has 0 fully saturated rings.